The lowest BCUT2D eigenvalue weighted by Gasteiger charge is -2.18. The minimum atomic E-state index is -0.436. The Hall–Kier alpha value is -2.57. The van der Waals surface area contributed by atoms with Crippen molar-refractivity contribution in [2.45, 2.75) is 91.5 Å². The molecule has 7 heteroatoms. The predicted octanol–water partition coefficient (Wildman–Crippen LogP) is 6.63. The van der Waals surface area contributed by atoms with E-state index in [2.05, 4.69) is 13.8 Å². The summed E-state index contributed by atoms with van der Waals surface area (Å²) in [5.41, 5.74) is 0.211. The molecule has 0 unspecified atom stereocenters. The Kier molecular flexibility index (Phi) is 11.0. The van der Waals surface area contributed by atoms with Crippen LogP contribution in [0.15, 0.2) is 23.0 Å². The first-order valence-electron chi connectivity index (χ1n) is 12.2. The number of nitro benzene ring substituents is 1. The largest absolute Gasteiger partial charge is 0.489 e. The van der Waals surface area contributed by atoms with Crippen molar-refractivity contribution in [2.75, 3.05) is 13.2 Å². The molecule has 1 aromatic carbocycles. The second-order valence-corrected chi connectivity index (χ2v) is 8.25. The molecule has 7 nitrogen and oxygen atoms in total. The minimum Gasteiger partial charge on any atom is -0.489 e. The van der Waals surface area contributed by atoms with Crippen LogP contribution in [0.3, 0.4) is 0 Å². The second-order valence-electron chi connectivity index (χ2n) is 8.25. The number of ether oxygens (including phenoxy) is 2. The van der Waals surface area contributed by atoms with E-state index in [0.29, 0.717) is 36.4 Å². The van der Waals surface area contributed by atoms with Crippen LogP contribution in [0.1, 0.15) is 85.0 Å². The number of hydrogen-bond donors (Lipinski definition) is 0. The molecule has 0 aliphatic rings. The van der Waals surface area contributed by atoms with E-state index in [4.69, 9.17) is 9.47 Å². The lowest BCUT2D eigenvalue weighted by atomic mass is 10.1. The first-order chi connectivity index (χ1) is 15.5. The standard InChI is InChI=1S/C25H38N2O5/c1-4-7-10-11-12-13-18-32-24-23(31-17-9-6-3)21-15-14-20(27(29)30)19-22(21)26(25(24)28)16-8-5-2/h14-15,19H,4-13,16-18H2,1-3H3. The quantitative estimate of drug-likeness (QED) is 0.164. The van der Waals surface area contributed by atoms with Gasteiger partial charge in [-0.05, 0) is 25.3 Å². The van der Waals surface area contributed by atoms with Gasteiger partial charge in [0.05, 0.1) is 23.7 Å². The highest BCUT2D eigenvalue weighted by Crippen LogP contribution is 2.35. The van der Waals surface area contributed by atoms with Crippen LogP contribution in [0.4, 0.5) is 5.69 Å². The third-order valence-electron chi connectivity index (χ3n) is 5.60. The number of aromatic nitrogens is 1. The van der Waals surface area contributed by atoms with Gasteiger partial charge in [-0.25, -0.2) is 0 Å². The van der Waals surface area contributed by atoms with Crippen LogP contribution in [0.5, 0.6) is 11.5 Å². The highest BCUT2D eigenvalue weighted by molar-refractivity contribution is 5.89. The van der Waals surface area contributed by atoms with Gasteiger partial charge < -0.3 is 14.0 Å². The van der Waals surface area contributed by atoms with Gasteiger partial charge in [0, 0.05) is 24.1 Å². The highest BCUT2D eigenvalue weighted by atomic mass is 16.6. The van der Waals surface area contributed by atoms with Gasteiger partial charge in [-0.2, -0.15) is 0 Å². The van der Waals surface area contributed by atoms with E-state index in [1.54, 1.807) is 10.6 Å². The minimum absolute atomic E-state index is 0.0394. The molecular weight excluding hydrogens is 408 g/mol. The number of nitro groups is 1. The third kappa shape index (κ3) is 6.97. The summed E-state index contributed by atoms with van der Waals surface area (Å²) < 4.78 is 13.7. The summed E-state index contributed by atoms with van der Waals surface area (Å²) in [7, 11) is 0. The monoisotopic (exact) mass is 446 g/mol. The number of rotatable bonds is 16. The third-order valence-corrected chi connectivity index (χ3v) is 5.60. The van der Waals surface area contributed by atoms with E-state index in [1.807, 2.05) is 6.92 Å². The first-order valence-corrected chi connectivity index (χ1v) is 12.2. The van der Waals surface area contributed by atoms with Gasteiger partial charge in [-0.1, -0.05) is 65.7 Å². The Labute approximate surface area is 190 Å². The van der Waals surface area contributed by atoms with Crippen molar-refractivity contribution in [3.8, 4) is 11.5 Å². The van der Waals surface area contributed by atoms with E-state index in [0.717, 1.165) is 38.5 Å². The number of non-ortho nitro benzene ring substituents is 1. The fourth-order valence-corrected chi connectivity index (χ4v) is 3.68. The maximum atomic E-state index is 13.4. The Bertz CT molecular complexity index is 923. The van der Waals surface area contributed by atoms with Gasteiger partial charge in [0.25, 0.3) is 11.2 Å². The van der Waals surface area contributed by atoms with Crippen LogP contribution in [-0.2, 0) is 6.54 Å². The SMILES string of the molecule is CCCCCCCCOc1c(OCCCC)c2ccc([N+](=O)[O-])cc2n(CCCC)c1=O. The second kappa shape index (κ2) is 13.8. The summed E-state index contributed by atoms with van der Waals surface area (Å²) in [5, 5.41) is 12.0. The van der Waals surface area contributed by atoms with Gasteiger partial charge >= 0.3 is 0 Å². The van der Waals surface area contributed by atoms with E-state index < -0.39 is 4.92 Å². The van der Waals surface area contributed by atoms with Gasteiger partial charge in [-0.15, -0.1) is 0 Å². The molecule has 0 N–H and O–H groups in total. The number of aryl methyl sites for hydroxylation is 1. The number of fused-ring (bicyclic) bond motifs is 1. The summed E-state index contributed by atoms with van der Waals surface area (Å²) in [6, 6.07) is 4.60. The molecule has 0 bridgehead atoms. The van der Waals surface area contributed by atoms with Crippen molar-refractivity contribution >= 4 is 16.6 Å². The number of nitrogens with zero attached hydrogens (tertiary/aromatic N) is 2. The van der Waals surface area contributed by atoms with Gasteiger partial charge in [0.15, 0.2) is 5.75 Å². The number of unbranched alkanes of at least 4 members (excludes halogenated alkanes) is 7. The van der Waals surface area contributed by atoms with Crippen LogP contribution in [-0.4, -0.2) is 22.7 Å². The van der Waals surface area contributed by atoms with E-state index in [1.165, 1.54) is 37.8 Å². The Balaban J connectivity index is 2.42. The summed E-state index contributed by atoms with van der Waals surface area (Å²) >= 11 is 0. The molecule has 0 saturated carbocycles. The van der Waals surface area contributed by atoms with E-state index >= 15 is 0 Å². The normalized spacial score (nSPS) is 11.1. The van der Waals surface area contributed by atoms with Crippen molar-refractivity contribution < 1.29 is 14.4 Å². The maximum absolute atomic E-state index is 13.4. The van der Waals surface area contributed by atoms with Crippen molar-refractivity contribution in [3.05, 3.63) is 38.7 Å². The average Bonchev–Trinajstić information content (AvgIpc) is 2.79. The molecular formula is C25H38N2O5. The maximum Gasteiger partial charge on any atom is 0.297 e. The first kappa shape index (κ1) is 25.7. The van der Waals surface area contributed by atoms with Gasteiger partial charge in [-0.3, -0.25) is 14.9 Å². The number of hydrogen-bond acceptors (Lipinski definition) is 5. The molecule has 0 atom stereocenters. The van der Waals surface area contributed by atoms with Gasteiger partial charge in [0.1, 0.15) is 0 Å². The van der Waals surface area contributed by atoms with Crippen molar-refractivity contribution in [2.24, 2.45) is 0 Å². The molecule has 0 fully saturated rings. The van der Waals surface area contributed by atoms with Crippen LogP contribution < -0.4 is 15.0 Å². The van der Waals surface area contributed by atoms with Crippen molar-refractivity contribution in [3.63, 3.8) is 0 Å². The van der Waals surface area contributed by atoms with Crippen LogP contribution in [0, 0.1) is 10.1 Å². The predicted molar refractivity (Wildman–Crippen MR) is 129 cm³/mol. The molecule has 2 rings (SSSR count). The molecule has 2 aromatic rings. The zero-order valence-corrected chi connectivity index (χ0v) is 19.9. The molecule has 0 spiro atoms. The molecule has 1 heterocycles. The summed E-state index contributed by atoms with van der Waals surface area (Å²) in [4.78, 5) is 24.3. The van der Waals surface area contributed by atoms with Crippen LogP contribution in [0.2, 0.25) is 0 Å². The van der Waals surface area contributed by atoms with Crippen molar-refractivity contribution in [1.82, 2.24) is 4.57 Å². The molecule has 0 aliphatic heterocycles. The number of benzene rings is 1. The molecule has 0 aliphatic carbocycles. The molecule has 1 aromatic heterocycles. The fourth-order valence-electron chi connectivity index (χ4n) is 3.68. The van der Waals surface area contributed by atoms with Gasteiger partial charge in [0.2, 0.25) is 5.75 Å². The molecule has 178 valence electrons. The van der Waals surface area contributed by atoms with E-state index in [-0.39, 0.29) is 17.0 Å². The van der Waals surface area contributed by atoms with Crippen LogP contribution >= 0.6 is 0 Å². The summed E-state index contributed by atoms with van der Waals surface area (Å²) in [5.74, 6) is 0.638. The van der Waals surface area contributed by atoms with Crippen molar-refractivity contribution in [1.29, 1.82) is 0 Å². The molecule has 0 radical (unpaired) electrons. The summed E-state index contributed by atoms with van der Waals surface area (Å²) in [6.07, 6.45) is 10.3. The Morgan fingerprint density at radius 3 is 2.16 bits per heavy atom. The zero-order chi connectivity index (χ0) is 23.3. The van der Waals surface area contributed by atoms with E-state index in [9.17, 15) is 14.9 Å². The van der Waals surface area contributed by atoms with Crippen LogP contribution in [0.25, 0.3) is 10.9 Å². The Morgan fingerprint density at radius 2 is 1.47 bits per heavy atom. The zero-order valence-electron chi connectivity index (χ0n) is 19.9. The molecule has 0 amide bonds. The lowest BCUT2D eigenvalue weighted by Crippen LogP contribution is -2.24. The highest BCUT2D eigenvalue weighted by Gasteiger charge is 2.21. The average molecular weight is 447 g/mol. The number of pyridine rings is 1. The topological polar surface area (TPSA) is 83.6 Å². The summed E-state index contributed by atoms with van der Waals surface area (Å²) in [6.45, 7) is 7.72. The molecule has 0 saturated heterocycles. The Morgan fingerprint density at radius 1 is 0.844 bits per heavy atom. The smallest absolute Gasteiger partial charge is 0.297 e. The lowest BCUT2D eigenvalue weighted by molar-refractivity contribution is -0.384. The molecule has 32 heavy (non-hydrogen) atoms. The fraction of sp³-hybridized carbons (Fsp3) is 0.640.